The smallest absolute Gasteiger partial charge is 0.257 e. The van der Waals surface area contributed by atoms with Crippen molar-refractivity contribution < 1.29 is 4.79 Å². The Kier molecular flexibility index (Phi) is 3.90. The lowest BCUT2D eigenvalue weighted by atomic mass is 10.0. The molecule has 3 rings (SSSR count). The van der Waals surface area contributed by atoms with E-state index in [9.17, 15) is 4.79 Å². The number of nitrogens with zero attached hydrogens (tertiary/aromatic N) is 2. The fraction of sp³-hybridized carbons (Fsp3) is 0.375. The molecule has 2 aromatic rings. The molecule has 0 saturated carbocycles. The zero-order valence-electron chi connectivity index (χ0n) is 12.2. The van der Waals surface area contributed by atoms with Gasteiger partial charge in [-0.15, -0.1) is 0 Å². The lowest BCUT2D eigenvalue weighted by Gasteiger charge is -2.33. The number of H-pyrrole nitrogens is 1. The van der Waals surface area contributed by atoms with Crippen LogP contribution >= 0.6 is 0 Å². The summed E-state index contributed by atoms with van der Waals surface area (Å²) in [7, 11) is 0. The Bertz CT molecular complexity index is 608. The number of piperidine rings is 1. The van der Waals surface area contributed by atoms with Crippen molar-refractivity contribution in [2.45, 2.75) is 25.8 Å². The Morgan fingerprint density at radius 2 is 2.19 bits per heavy atom. The molecule has 0 unspecified atom stereocenters. The molecule has 1 amide bonds. The van der Waals surface area contributed by atoms with Gasteiger partial charge in [0, 0.05) is 30.5 Å². The first-order valence-electron chi connectivity index (χ1n) is 7.35. The normalized spacial score (nSPS) is 18.5. The molecule has 21 heavy (non-hydrogen) atoms. The number of rotatable bonds is 3. The molecule has 1 fully saturated rings. The number of aromatic amines is 1. The zero-order chi connectivity index (χ0) is 14.7. The Labute approximate surface area is 124 Å². The van der Waals surface area contributed by atoms with Crippen LogP contribution in [0.15, 0.2) is 36.5 Å². The van der Waals surface area contributed by atoms with Gasteiger partial charge in [0.05, 0.1) is 11.8 Å². The predicted octanol–water partition coefficient (Wildman–Crippen LogP) is 2.43. The summed E-state index contributed by atoms with van der Waals surface area (Å²) in [6.45, 7) is 3.43. The quantitative estimate of drug-likeness (QED) is 0.910. The van der Waals surface area contributed by atoms with E-state index in [1.165, 1.54) is 0 Å². The van der Waals surface area contributed by atoms with Crippen LogP contribution in [0, 0.1) is 6.92 Å². The highest BCUT2D eigenvalue weighted by Crippen LogP contribution is 2.18. The molecular weight excluding hydrogens is 264 g/mol. The average molecular weight is 284 g/mol. The van der Waals surface area contributed by atoms with Gasteiger partial charge in [-0.2, -0.15) is 5.10 Å². The maximum absolute atomic E-state index is 12.5. The van der Waals surface area contributed by atoms with Gasteiger partial charge in [0.2, 0.25) is 0 Å². The molecule has 5 nitrogen and oxygen atoms in total. The fourth-order valence-electron chi connectivity index (χ4n) is 2.79. The maximum Gasteiger partial charge on any atom is 0.257 e. The zero-order valence-corrected chi connectivity index (χ0v) is 12.2. The van der Waals surface area contributed by atoms with Crippen LogP contribution in [0.25, 0.3) is 0 Å². The number of likely N-dealkylation sites (tertiary alicyclic amines) is 1. The topological polar surface area (TPSA) is 61.0 Å². The molecule has 2 N–H and O–H groups in total. The molecule has 5 heteroatoms. The van der Waals surface area contributed by atoms with Crippen LogP contribution in [0.3, 0.4) is 0 Å². The summed E-state index contributed by atoms with van der Waals surface area (Å²) in [5.74, 6) is 0.0702. The van der Waals surface area contributed by atoms with E-state index in [4.69, 9.17) is 0 Å². The van der Waals surface area contributed by atoms with Gasteiger partial charge >= 0.3 is 0 Å². The van der Waals surface area contributed by atoms with E-state index >= 15 is 0 Å². The number of aryl methyl sites for hydroxylation is 1. The first kappa shape index (κ1) is 13.7. The minimum atomic E-state index is 0.0702. The van der Waals surface area contributed by atoms with E-state index in [2.05, 4.69) is 27.6 Å². The van der Waals surface area contributed by atoms with Crippen LogP contribution in [0.5, 0.6) is 0 Å². The van der Waals surface area contributed by atoms with Crippen LogP contribution in [0.1, 0.15) is 28.9 Å². The minimum absolute atomic E-state index is 0.0702. The van der Waals surface area contributed by atoms with Crippen LogP contribution in [0.2, 0.25) is 0 Å². The van der Waals surface area contributed by atoms with Crippen LogP contribution < -0.4 is 5.32 Å². The SMILES string of the molecule is Cc1[nH]ncc1C(=O)N1CCC[C@@H](Nc2ccccc2)C1. The molecule has 110 valence electrons. The predicted molar refractivity (Wildman–Crippen MR) is 82.3 cm³/mol. The molecule has 1 aliphatic heterocycles. The van der Waals surface area contributed by atoms with E-state index in [0.29, 0.717) is 11.6 Å². The number of hydrogen-bond donors (Lipinski definition) is 2. The minimum Gasteiger partial charge on any atom is -0.381 e. The second-order valence-electron chi connectivity index (χ2n) is 5.51. The summed E-state index contributed by atoms with van der Waals surface area (Å²) in [5.41, 5.74) is 2.62. The summed E-state index contributed by atoms with van der Waals surface area (Å²) in [4.78, 5) is 14.4. The molecule has 1 aromatic carbocycles. The van der Waals surface area contributed by atoms with Crippen molar-refractivity contribution in [3.8, 4) is 0 Å². The first-order valence-corrected chi connectivity index (χ1v) is 7.35. The lowest BCUT2D eigenvalue weighted by molar-refractivity contribution is 0.0714. The highest BCUT2D eigenvalue weighted by Gasteiger charge is 2.25. The molecular formula is C16H20N4O. The first-order chi connectivity index (χ1) is 10.2. The van der Waals surface area contributed by atoms with E-state index < -0.39 is 0 Å². The Morgan fingerprint density at radius 3 is 2.90 bits per heavy atom. The standard InChI is InChI=1S/C16H20N4O/c1-12-15(10-17-19-12)16(21)20-9-5-8-14(11-20)18-13-6-3-2-4-7-13/h2-4,6-7,10,14,18H,5,8-9,11H2,1H3,(H,17,19)/t14-/m1/s1. The number of aromatic nitrogens is 2. The van der Waals surface area contributed by atoms with Gasteiger partial charge in [-0.3, -0.25) is 9.89 Å². The molecule has 2 heterocycles. The third kappa shape index (κ3) is 3.07. The molecule has 0 radical (unpaired) electrons. The van der Waals surface area contributed by atoms with E-state index in [1.54, 1.807) is 6.20 Å². The monoisotopic (exact) mass is 284 g/mol. The number of carbonyl (C=O) groups is 1. The van der Waals surface area contributed by atoms with Gasteiger partial charge < -0.3 is 10.2 Å². The Balaban J connectivity index is 1.66. The fourth-order valence-corrected chi connectivity index (χ4v) is 2.79. The van der Waals surface area contributed by atoms with Crippen LogP contribution in [-0.2, 0) is 0 Å². The highest BCUT2D eigenvalue weighted by atomic mass is 16.2. The third-order valence-corrected chi connectivity index (χ3v) is 3.91. The summed E-state index contributed by atoms with van der Waals surface area (Å²) < 4.78 is 0. The van der Waals surface area contributed by atoms with Gasteiger partial charge in [-0.25, -0.2) is 0 Å². The van der Waals surface area contributed by atoms with Gasteiger partial charge in [-0.1, -0.05) is 18.2 Å². The largest absolute Gasteiger partial charge is 0.381 e. The lowest BCUT2D eigenvalue weighted by Crippen LogP contribution is -2.45. The van der Waals surface area contributed by atoms with Gasteiger partial charge in [-0.05, 0) is 31.9 Å². The number of amides is 1. The molecule has 1 atom stereocenters. The van der Waals surface area contributed by atoms with Gasteiger partial charge in [0.1, 0.15) is 0 Å². The molecule has 1 saturated heterocycles. The van der Waals surface area contributed by atoms with Crippen LogP contribution in [-0.4, -0.2) is 40.1 Å². The van der Waals surface area contributed by atoms with Crippen molar-refractivity contribution in [2.24, 2.45) is 0 Å². The van der Waals surface area contributed by atoms with Crippen molar-refractivity contribution in [3.05, 3.63) is 47.8 Å². The molecule has 0 spiro atoms. The Hall–Kier alpha value is -2.30. The van der Waals surface area contributed by atoms with Gasteiger partial charge in [0.25, 0.3) is 5.91 Å². The van der Waals surface area contributed by atoms with E-state index in [0.717, 1.165) is 37.3 Å². The van der Waals surface area contributed by atoms with Gasteiger partial charge in [0.15, 0.2) is 0 Å². The third-order valence-electron chi connectivity index (χ3n) is 3.91. The molecule has 1 aromatic heterocycles. The second kappa shape index (κ2) is 5.99. The number of nitrogens with one attached hydrogen (secondary N) is 2. The summed E-state index contributed by atoms with van der Waals surface area (Å²) >= 11 is 0. The van der Waals surface area contributed by atoms with E-state index in [1.807, 2.05) is 30.0 Å². The van der Waals surface area contributed by atoms with Crippen LogP contribution in [0.4, 0.5) is 5.69 Å². The number of anilines is 1. The number of para-hydroxylation sites is 1. The molecule has 0 aliphatic carbocycles. The summed E-state index contributed by atoms with van der Waals surface area (Å²) in [6.07, 6.45) is 3.72. The molecule has 0 bridgehead atoms. The van der Waals surface area contributed by atoms with Crippen molar-refractivity contribution in [2.75, 3.05) is 18.4 Å². The summed E-state index contributed by atoms with van der Waals surface area (Å²) in [6, 6.07) is 10.5. The maximum atomic E-state index is 12.5. The average Bonchev–Trinajstić information content (AvgIpc) is 2.94. The van der Waals surface area contributed by atoms with Crippen molar-refractivity contribution in [3.63, 3.8) is 0 Å². The van der Waals surface area contributed by atoms with Crippen molar-refractivity contribution in [1.29, 1.82) is 0 Å². The number of carbonyl (C=O) groups excluding carboxylic acids is 1. The highest BCUT2D eigenvalue weighted by molar-refractivity contribution is 5.95. The van der Waals surface area contributed by atoms with E-state index in [-0.39, 0.29) is 5.91 Å². The van der Waals surface area contributed by atoms with Crippen molar-refractivity contribution in [1.82, 2.24) is 15.1 Å². The second-order valence-corrected chi connectivity index (χ2v) is 5.51. The summed E-state index contributed by atoms with van der Waals surface area (Å²) in [5, 5.41) is 10.3. The number of hydrogen-bond acceptors (Lipinski definition) is 3. The molecule has 1 aliphatic rings. The van der Waals surface area contributed by atoms with Crippen molar-refractivity contribution >= 4 is 11.6 Å². The Morgan fingerprint density at radius 1 is 1.38 bits per heavy atom. The number of benzene rings is 1.